The van der Waals surface area contributed by atoms with Gasteiger partial charge in [0.05, 0.1) is 5.56 Å². The number of piperidine rings is 1. The zero-order valence-electron chi connectivity index (χ0n) is 12.2. The van der Waals surface area contributed by atoms with Gasteiger partial charge in [-0.05, 0) is 24.1 Å². The Bertz CT molecular complexity index is 671. The van der Waals surface area contributed by atoms with Crippen LogP contribution in [0.15, 0.2) is 30.5 Å². The fourth-order valence-electron chi connectivity index (χ4n) is 3.08. The highest BCUT2D eigenvalue weighted by atomic mass is 35.5. The highest BCUT2D eigenvalue weighted by molar-refractivity contribution is 6.34. The zero-order valence-corrected chi connectivity index (χ0v) is 12.9. The maximum atomic E-state index is 12.8. The first kappa shape index (κ1) is 14.3. The van der Waals surface area contributed by atoms with Crippen LogP contribution in [0.25, 0.3) is 10.8 Å². The molecule has 1 unspecified atom stereocenters. The number of halogens is 1. The monoisotopic (exact) mass is 302 g/mol. The van der Waals surface area contributed by atoms with Crippen LogP contribution in [0.1, 0.15) is 36.5 Å². The van der Waals surface area contributed by atoms with E-state index in [4.69, 9.17) is 11.6 Å². The molecule has 1 aromatic heterocycles. The summed E-state index contributed by atoms with van der Waals surface area (Å²) in [7, 11) is 0. The topological polar surface area (TPSA) is 33.2 Å². The lowest BCUT2D eigenvalue weighted by Gasteiger charge is -2.32. The van der Waals surface area contributed by atoms with E-state index < -0.39 is 0 Å². The fraction of sp³-hybridized carbons (Fsp3) is 0.412. The lowest BCUT2D eigenvalue weighted by molar-refractivity contribution is 0.0673. The Morgan fingerprint density at radius 3 is 2.90 bits per heavy atom. The summed E-state index contributed by atoms with van der Waals surface area (Å²) in [6, 6.07) is 7.70. The minimum absolute atomic E-state index is 0.0773. The fourth-order valence-corrected chi connectivity index (χ4v) is 3.30. The number of pyridine rings is 1. The van der Waals surface area contributed by atoms with E-state index in [1.54, 1.807) is 6.20 Å². The number of likely N-dealkylation sites (tertiary alicyclic amines) is 1. The van der Waals surface area contributed by atoms with Gasteiger partial charge in [-0.25, -0.2) is 4.98 Å². The van der Waals surface area contributed by atoms with E-state index >= 15 is 0 Å². The number of nitrogens with zero attached hydrogens (tertiary/aromatic N) is 2. The predicted molar refractivity (Wildman–Crippen MR) is 85.7 cm³/mol. The van der Waals surface area contributed by atoms with Crippen molar-refractivity contribution < 1.29 is 4.79 Å². The summed E-state index contributed by atoms with van der Waals surface area (Å²) in [6.45, 7) is 3.89. The molecule has 110 valence electrons. The van der Waals surface area contributed by atoms with Crippen LogP contribution in [0, 0.1) is 5.92 Å². The van der Waals surface area contributed by atoms with E-state index in [1.165, 1.54) is 6.42 Å². The Kier molecular flexibility index (Phi) is 4.11. The average molecular weight is 303 g/mol. The lowest BCUT2D eigenvalue weighted by atomic mass is 9.95. The SMILES string of the molecule is CCC1CCCN(C(=O)c2cnc(Cl)c3ccccc23)C1. The van der Waals surface area contributed by atoms with E-state index in [-0.39, 0.29) is 5.91 Å². The maximum Gasteiger partial charge on any atom is 0.256 e. The summed E-state index contributed by atoms with van der Waals surface area (Å²) >= 11 is 6.13. The van der Waals surface area contributed by atoms with Crippen LogP contribution in [0.3, 0.4) is 0 Å². The van der Waals surface area contributed by atoms with Crippen LogP contribution in [0.4, 0.5) is 0 Å². The van der Waals surface area contributed by atoms with Gasteiger partial charge in [0.1, 0.15) is 5.15 Å². The number of fused-ring (bicyclic) bond motifs is 1. The van der Waals surface area contributed by atoms with Gasteiger partial charge >= 0.3 is 0 Å². The molecule has 1 fully saturated rings. The normalized spacial score (nSPS) is 19.0. The summed E-state index contributed by atoms with van der Waals surface area (Å²) < 4.78 is 0. The molecule has 2 heterocycles. The molecule has 2 aromatic rings. The van der Waals surface area contributed by atoms with Gasteiger partial charge in [0.2, 0.25) is 0 Å². The molecule has 1 aliphatic heterocycles. The van der Waals surface area contributed by atoms with Crippen molar-refractivity contribution in [1.29, 1.82) is 0 Å². The van der Waals surface area contributed by atoms with Crippen molar-refractivity contribution in [2.24, 2.45) is 5.92 Å². The van der Waals surface area contributed by atoms with Gasteiger partial charge in [0.25, 0.3) is 5.91 Å². The molecule has 4 heteroatoms. The number of hydrogen-bond donors (Lipinski definition) is 0. The quantitative estimate of drug-likeness (QED) is 0.781. The molecule has 1 saturated heterocycles. The van der Waals surface area contributed by atoms with Crippen LogP contribution in [0.5, 0.6) is 0 Å². The van der Waals surface area contributed by atoms with Crippen LogP contribution in [-0.2, 0) is 0 Å². The Morgan fingerprint density at radius 2 is 2.14 bits per heavy atom. The standard InChI is InChI=1S/C17H19ClN2O/c1-2-12-6-5-9-20(11-12)17(21)15-10-19-16(18)14-8-4-3-7-13(14)15/h3-4,7-8,10,12H,2,5-6,9,11H2,1H3. The van der Waals surface area contributed by atoms with Crippen LogP contribution >= 0.6 is 11.6 Å². The number of carbonyl (C=O) groups is 1. The second-order valence-corrected chi connectivity index (χ2v) is 6.03. The van der Waals surface area contributed by atoms with Crippen LogP contribution in [0.2, 0.25) is 5.15 Å². The highest BCUT2D eigenvalue weighted by Gasteiger charge is 2.25. The van der Waals surface area contributed by atoms with E-state index in [9.17, 15) is 4.79 Å². The van der Waals surface area contributed by atoms with Gasteiger partial charge in [-0.3, -0.25) is 4.79 Å². The van der Waals surface area contributed by atoms with Crippen molar-refractivity contribution in [2.45, 2.75) is 26.2 Å². The summed E-state index contributed by atoms with van der Waals surface area (Å²) in [5.74, 6) is 0.697. The van der Waals surface area contributed by atoms with E-state index in [0.29, 0.717) is 16.6 Å². The van der Waals surface area contributed by atoms with Crippen molar-refractivity contribution in [1.82, 2.24) is 9.88 Å². The number of aromatic nitrogens is 1. The molecule has 0 bridgehead atoms. The minimum atomic E-state index is 0.0773. The molecule has 21 heavy (non-hydrogen) atoms. The number of amides is 1. The molecule has 3 nitrogen and oxygen atoms in total. The third-order valence-electron chi connectivity index (χ3n) is 4.36. The molecule has 0 radical (unpaired) electrons. The van der Waals surface area contributed by atoms with E-state index in [2.05, 4.69) is 11.9 Å². The molecule has 1 amide bonds. The Labute approximate surface area is 129 Å². The molecule has 3 rings (SSSR count). The number of rotatable bonds is 2. The lowest BCUT2D eigenvalue weighted by Crippen LogP contribution is -2.39. The zero-order chi connectivity index (χ0) is 14.8. The predicted octanol–water partition coefficient (Wildman–Crippen LogP) is 4.15. The van der Waals surface area contributed by atoms with Gasteiger partial charge in [0.15, 0.2) is 0 Å². The van der Waals surface area contributed by atoms with Gasteiger partial charge in [0, 0.05) is 24.7 Å². The van der Waals surface area contributed by atoms with E-state index in [1.807, 2.05) is 29.2 Å². The van der Waals surface area contributed by atoms with Crippen molar-refractivity contribution in [2.75, 3.05) is 13.1 Å². The smallest absolute Gasteiger partial charge is 0.256 e. The second kappa shape index (κ2) is 6.02. The summed E-state index contributed by atoms with van der Waals surface area (Å²) in [5, 5.41) is 2.18. The van der Waals surface area contributed by atoms with Gasteiger partial charge in [-0.2, -0.15) is 0 Å². The number of hydrogen-bond acceptors (Lipinski definition) is 2. The Balaban J connectivity index is 1.96. The van der Waals surface area contributed by atoms with Gasteiger partial charge in [-0.15, -0.1) is 0 Å². The second-order valence-electron chi connectivity index (χ2n) is 5.68. The molecule has 1 aromatic carbocycles. The van der Waals surface area contributed by atoms with Crippen LogP contribution < -0.4 is 0 Å². The van der Waals surface area contributed by atoms with Crippen molar-refractivity contribution in [3.05, 3.63) is 41.2 Å². The van der Waals surface area contributed by atoms with Gasteiger partial charge < -0.3 is 4.90 Å². The maximum absolute atomic E-state index is 12.8. The molecule has 1 aliphatic rings. The average Bonchev–Trinajstić information content (AvgIpc) is 2.55. The van der Waals surface area contributed by atoms with E-state index in [0.717, 1.165) is 36.7 Å². The molecular weight excluding hydrogens is 284 g/mol. The highest BCUT2D eigenvalue weighted by Crippen LogP contribution is 2.27. The first-order valence-electron chi connectivity index (χ1n) is 7.53. The molecule has 0 saturated carbocycles. The largest absolute Gasteiger partial charge is 0.338 e. The molecule has 0 N–H and O–H groups in total. The molecule has 0 spiro atoms. The Morgan fingerprint density at radius 1 is 1.38 bits per heavy atom. The van der Waals surface area contributed by atoms with Crippen LogP contribution in [-0.4, -0.2) is 28.9 Å². The molecule has 1 atom stereocenters. The summed E-state index contributed by atoms with van der Waals surface area (Å²) in [6.07, 6.45) is 5.05. The molecular formula is C17H19ClN2O. The summed E-state index contributed by atoms with van der Waals surface area (Å²) in [5.41, 5.74) is 0.659. The number of carbonyl (C=O) groups excluding carboxylic acids is 1. The van der Waals surface area contributed by atoms with Crippen molar-refractivity contribution in [3.8, 4) is 0 Å². The third kappa shape index (κ3) is 2.75. The van der Waals surface area contributed by atoms with Crippen molar-refractivity contribution in [3.63, 3.8) is 0 Å². The first-order valence-corrected chi connectivity index (χ1v) is 7.91. The minimum Gasteiger partial charge on any atom is -0.338 e. The summed E-state index contributed by atoms with van der Waals surface area (Å²) in [4.78, 5) is 19.0. The van der Waals surface area contributed by atoms with Gasteiger partial charge in [-0.1, -0.05) is 49.2 Å². The Hall–Kier alpha value is -1.61. The number of benzene rings is 1. The first-order chi connectivity index (χ1) is 10.2. The molecule has 0 aliphatic carbocycles. The van der Waals surface area contributed by atoms with Crippen molar-refractivity contribution >= 4 is 28.3 Å². The third-order valence-corrected chi connectivity index (χ3v) is 4.66.